The number of hydrogen-bond donors (Lipinski definition) is 1. The molecule has 1 aromatic carbocycles. The third kappa shape index (κ3) is 3.38. The van der Waals surface area contributed by atoms with Crippen LogP contribution in [-0.4, -0.2) is 0 Å². The lowest BCUT2D eigenvalue weighted by molar-refractivity contribution is 0.422. The third-order valence-electron chi connectivity index (χ3n) is 3.42. The predicted octanol–water partition coefficient (Wildman–Crippen LogP) is 5.43. The Morgan fingerprint density at radius 2 is 1.86 bits per heavy atom. The van der Waals surface area contributed by atoms with Gasteiger partial charge in [-0.1, -0.05) is 41.9 Å². The minimum Gasteiger partial charge on any atom is -0.467 e. The number of thiophene rings is 1. The second kappa shape index (κ2) is 6.48. The summed E-state index contributed by atoms with van der Waals surface area (Å²) in [6.45, 7) is 2.15. The zero-order valence-electron chi connectivity index (χ0n) is 11.6. The number of furan rings is 1. The summed E-state index contributed by atoms with van der Waals surface area (Å²) in [5, 5.41) is 3.62. The van der Waals surface area contributed by atoms with Gasteiger partial charge in [0.2, 0.25) is 0 Å². The molecule has 4 heteroatoms. The maximum atomic E-state index is 6.08. The van der Waals surface area contributed by atoms with Gasteiger partial charge in [-0.15, -0.1) is 11.3 Å². The molecule has 0 saturated carbocycles. The van der Waals surface area contributed by atoms with Gasteiger partial charge in [-0.05, 0) is 36.8 Å². The molecule has 0 saturated heterocycles. The molecule has 21 heavy (non-hydrogen) atoms. The first kappa shape index (κ1) is 14.4. The second-order valence-electron chi connectivity index (χ2n) is 4.89. The normalized spacial score (nSPS) is 14.0. The van der Waals surface area contributed by atoms with E-state index in [0.29, 0.717) is 0 Å². The Morgan fingerprint density at radius 1 is 1.05 bits per heavy atom. The van der Waals surface area contributed by atoms with Gasteiger partial charge in [-0.2, -0.15) is 0 Å². The van der Waals surface area contributed by atoms with Gasteiger partial charge in [-0.25, -0.2) is 0 Å². The lowest BCUT2D eigenvalue weighted by Gasteiger charge is -2.21. The number of nitrogens with one attached hydrogen (secondary N) is 1. The molecule has 2 aromatic heterocycles. The van der Waals surface area contributed by atoms with Gasteiger partial charge >= 0.3 is 0 Å². The van der Waals surface area contributed by atoms with Crippen molar-refractivity contribution < 1.29 is 4.42 Å². The average molecular weight is 318 g/mol. The Morgan fingerprint density at radius 3 is 2.48 bits per heavy atom. The molecule has 0 aliphatic carbocycles. The average Bonchev–Trinajstić information content (AvgIpc) is 3.17. The molecule has 1 N–H and O–H groups in total. The largest absolute Gasteiger partial charge is 0.467 e. The summed E-state index contributed by atoms with van der Waals surface area (Å²) in [7, 11) is 0. The van der Waals surface area contributed by atoms with E-state index < -0.39 is 0 Å². The SMILES string of the molecule is C[C@H](NC(c1ccco1)c1ccc(Cl)s1)c1ccccc1. The van der Waals surface area contributed by atoms with Crippen molar-refractivity contribution >= 4 is 22.9 Å². The van der Waals surface area contributed by atoms with E-state index in [9.17, 15) is 0 Å². The van der Waals surface area contributed by atoms with Crippen LogP contribution >= 0.6 is 22.9 Å². The predicted molar refractivity (Wildman–Crippen MR) is 87.9 cm³/mol. The molecule has 0 aliphatic rings. The molecule has 3 aromatic rings. The zero-order chi connectivity index (χ0) is 14.7. The van der Waals surface area contributed by atoms with E-state index >= 15 is 0 Å². The Kier molecular flexibility index (Phi) is 4.44. The summed E-state index contributed by atoms with van der Waals surface area (Å²) >= 11 is 7.65. The first-order chi connectivity index (χ1) is 10.2. The molecule has 0 radical (unpaired) electrons. The third-order valence-corrected chi connectivity index (χ3v) is 4.72. The Balaban J connectivity index is 1.86. The van der Waals surface area contributed by atoms with Gasteiger partial charge < -0.3 is 4.42 Å². The number of rotatable bonds is 5. The molecule has 0 fully saturated rings. The van der Waals surface area contributed by atoms with Gasteiger partial charge in [0.25, 0.3) is 0 Å². The van der Waals surface area contributed by atoms with E-state index in [1.54, 1.807) is 17.6 Å². The highest BCUT2D eigenvalue weighted by atomic mass is 35.5. The van der Waals surface area contributed by atoms with Crippen molar-refractivity contribution in [1.82, 2.24) is 5.32 Å². The van der Waals surface area contributed by atoms with Crippen molar-refractivity contribution in [3.05, 3.63) is 81.4 Å². The molecule has 2 nitrogen and oxygen atoms in total. The first-order valence-electron chi connectivity index (χ1n) is 6.83. The van der Waals surface area contributed by atoms with Gasteiger partial charge in [0.1, 0.15) is 11.8 Å². The minimum atomic E-state index is 0.00714. The van der Waals surface area contributed by atoms with Gasteiger partial charge in [0, 0.05) is 10.9 Å². The molecule has 2 atom stereocenters. The number of hydrogen-bond acceptors (Lipinski definition) is 3. The Hall–Kier alpha value is -1.55. The maximum absolute atomic E-state index is 6.08. The molecule has 108 valence electrons. The highest BCUT2D eigenvalue weighted by molar-refractivity contribution is 7.16. The molecule has 0 aliphatic heterocycles. The van der Waals surface area contributed by atoms with Crippen LogP contribution in [0.2, 0.25) is 4.34 Å². The molecule has 0 bridgehead atoms. The molecule has 3 rings (SSSR count). The van der Waals surface area contributed by atoms with E-state index in [1.165, 1.54) is 5.56 Å². The van der Waals surface area contributed by atoms with Gasteiger partial charge in [0.15, 0.2) is 0 Å². The molecular formula is C17H16ClNOS. The minimum absolute atomic E-state index is 0.00714. The van der Waals surface area contributed by atoms with E-state index in [1.807, 2.05) is 30.3 Å². The lowest BCUT2D eigenvalue weighted by Crippen LogP contribution is -2.24. The second-order valence-corrected chi connectivity index (χ2v) is 6.64. The van der Waals surface area contributed by atoms with Gasteiger partial charge in [0.05, 0.1) is 10.6 Å². The van der Waals surface area contributed by atoms with Crippen LogP contribution in [-0.2, 0) is 0 Å². The van der Waals surface area contributed by atoms with Crippen LogP contribution in [0.1, 0.15) is 35.2 Å². The van der Waals surface area contributed by atoms with Crippen LogP contribution in [0.15, 0.2) is 65.3 Å². The summed E-state index contributed by atoms with van der Waals surface area (Å²) < 4.78 is 6.38. The van der Waals surface area contributed by atoms with E-state index in [-0.39, 0.29) is 12.1 Å². The standard InChI is InChI=1S/C17H16ClNOS/c1-12(13-6-3-2-4-7-13)19-17(14-8-5-11-20-14)15-9-10-16(18)21-15/h2-12,17,19H,1H3/t12-,17?/m0/s1. The van der Waals surface area contributed by atoms with Crippen molar-refractivity contribution in [1.29, 1.82) is 0 Å². The van der Waals surface area contributed by atoms with Gasteiger partial charge in [-0.3, -0.25) is 5.32 Å². The number of halogens is 1. The topological polar surface area (TPSA) is 25.2 Å². The van der Waals surface area contributed by atoms with Crippen LogP contribution in [0.4, 0.5) is 0 Å². The molecule has 0 spiro atoms. The molecule has 2 heterocycles. The summed E-state index contributed by atoms with van der Waals surface area (Å²) in [4.78, 5) is 1.15. The highest BCUT2D eigenvalue weighted by Gasteiger charge is 2.21. The monoisotopic (exact) mass is 317 g/mol. The van der Waals surface area contributed by atoms with Crippen LogP contribution < -0.4 is 5.32 Å². The smallest absolute Gasteiger partial charge is 0.126 e. The summed E-state index contributed by atoms with van der Waals surface area (Å²) in [6, 6.07) is 18.5. The van der Waals surface area contributed by atoms with Crippen LogP contribution in [0.3, 0.4) is 0 Å². The van der Waals surface area contributed by atoms with Crippen molar-refractivity contribution in [2.45, 2.75) is 19.0 Å². The van der Waals surface area contributed by atoms with E-state index in [2.05, 4.69) is 36.5 Å². The van der Waals surface area contributed by atoms with Crippen molar-refractivity contribution in [3.8, 4) is 0 Å². The highest BCUT2D eigenvalue weighted by Crippen LogP contribution is 2.33. The fourth-order valence-corrected chi connectivity index (χ4v) is 3.46. The van der Waals surface area contributed by atoms with E-state index in [0.717, 1.165) is 15.0 Å². The van der Waals surface area contributed by atoms with Crippen LogP contribution in [0, 0.1) is 0 Å². The number of benzene rings is 1. The molecular weight excluding hydrogens is 302 g/mol. The lowest BCUT2D eigenvalue weighted by atomic mass is 10.1. The van der Waals surface area contributed by atoms with E-state index in [4.69, 9.17) is 16.0 Å². The molecule has 0 amide bonds. The van der Waals surface area contributed by atoms with Crippen molar-refractivity contribution in [3.63, 3.8) is 0 Å². The Labute approximate surface area is 133 Å². The van der Waals surface area contributed by atoms with Crippen molar-refractivity contribution in [2.75, 3.05) is 0 Å². The summed E-state index contributed by atoms with van der Waals surface area (Å²) in [5.41, 5.74) is 1.25. The van der Waals surface area contributed by atoms with Crippen molar-refractivity contribution in [2.24, 2.45) is 0 Å². The Bertz CT molecular complexity index is 678. The quantitative estimate of drug-likeness (QED) is 0.678. The van der Waals surface area contributed by atoms with Crippen LogP contribution in [0.5, 0.6) is 0 Å². The van der Waals surface area contributed by atoms with Crippen LogP contribution in [0.25, 0.3) is 0 Å². The fraction of sp³-hybridized carbons (Fsp3) is 0.176. The summed E-state index contributed by atoms with van der Waals surface area (Å²) in [5.74, 6) is 0.899. The zero-order valence-corrected chi connectivity index (χ0v) is 13.2. The fourth-order valence-electron chi connectivity index (χ4n) is 2.33. The summed E-state index contributed by atoms with van der Waals surface area (Å²) in [6.07, 6.45) is 1.70. The first-order valence-corrected chi connectivity index (χ1v) is 8.03. The maximum Gasteiger partial charge on any atom is 0.126 e. The molecule has 1 unspecified atom stereocenters.